The summed E-state index contributed by atoms with van der Waals surface area (Å²) in [6, 6.07) is 2.95. The number of aromatic nitrogens is 2. The van der Waals surface area contributed by atoms with Gasteiger partial charge >= 0.3 is 0 Å². The van der Waals surface area contributed by atoms with Crippen LogP contribution in [0.15, 0.2) is 12.5 Å². The van der Waals surface area contributed by atoms with Crippen molar-refractivity contribution in [3.8, 4) is 6.07 Å². The lowest BCUT2D eigenvalue weighted by atomic mass is 9.66. The topological polar surface area (TPSA) is 61.8 Å². The first-order valence-corrected chi connectivity index (χ1v) is 7.81. The minimum Gasteiger partial charge on any atom is -0.385 e. The molecule has 0 bridgehead atoms. The number of nitrogens with zero attached hydrogens (tertiary/aromatic N) is 3. The molecule has 0 radical (unpaired) electrons. The fourth-order valence-corrected chi connectivity index (χ4v) is 3.65. The number of aliphatic hydroxyl groups excluding tert-OH is 1. The van der Waals surface area contributed by atoms with Gasteiger partial charge in [-0.3, -0.25) is 0 Å². The second-order valence-corrected chi connectivity index (χ2v) is 6.50. The average molecular weight is 273 g/mol. The Bertz CT molecular complexity index is 514. The molecule has 3 rings (SSSR count). The summed E-state index contributed by atoms with van der Waals surface area (Å²) in [4.78, 5) is 4.20. The van der Waals surface area contributed by atoms with E-state index in [1.165, 1.54) is 6.42 Å². The number of aliphatic hydroxyl groups is 1. The summed E-state index contributed by atoms with van der Waals surface area (Å²) in [6.45, 7) is 2.18. The number of nitriles is 1. The molecule has 0 amide bonds. The van der Waals surface area contributed by atoms with Gasteiger partial charge in [-0.2, -0.15) is 5.26 Å². The smallest absolute Gasteiger partial charge is 0.114 e. The summed E-state index contributed by atoms with van der Waals surface area (Å²) in [6.07, 6.45) is 10.1. The molecular weight excluding hydrogens is 250 g/mol. The standard InChI is InChI=1S/C16H23N3O/c1-2-12-4-3-7-16(8-12,10-17)15(20)14-9-18-11-19(14)13-5-6-13/h9,11-13,15,20H,2-8H2,1H3. The third kappa shape index (κ3) is 2.25. The highest BCUT2D eigenvalue weighted by molar-refractivity contribution is 5.17. The van der Waals surface area contributed by atoms with Crippen molar-refractivity contribution in [2.75, 3.05) is 0 Å². The van der Waals surface area contributed by atoms with Crippen molar-refractivity contribution in [1.29, 1.82) is 5.26 Å². The van der Waals surface area contributed by atoms with Crippen molar-refractivity contribution >= 4 is 0 Å². The molecule has 1 aromatic heterocycles. The van der Waals surface area contributed by atoms with Crippen molar-refractivity contribution in [3.63, 3.8) is 0 Å². The third-order valence-corrected chi connectivity index (χ3v) is 5.13. The zero-order valence-electron chi connectivity index (χ0n) is 12.1. The van der Waals surface area contributed by atoms with Gasteiger partial charge in [0.2, 0.25) is 0 Å². The molecule has 4 heteroatoms. The maximum absolute atomic E-state index is 10.9. The minimum absolute atomic E-state index is 0.489. The van der Waals surface area contributed by atoms with Gasteiger partial charge in [0.05, 0.1) is 29.7 Å². The third-order valence-electron chi connectivity index (χ3n) is 5.13. The molecular formula is C16H23N3O. The lowest BCUT2D eigenvalue weighted by Crippen LogP contribution is -2.34. The van der Waals surface area contributed by atoms with Crippen molar-refractivity contribution in [1.82, 2.24) is 9.55 Å². The Morgan fingerprint density at radius 2 is 2.35 bits per heavy atom. The van der Waals surface area contributed by atoms with Crippen LogP contribution in [0.3, 0.4) is 0 Å². The molecule has 2 saturated carbocycles. The van der Waals surface area contributed by atoms with Crippen LogP contribution in [0.1, 0.15) is 69.7 Å². The van der Waals surface area contributed by atoms with E-state index in [4.69, 9.17) is 0 Å². The van der Waals surface area contributed by atoms with Gasteiger partial charge in [-0.1, -0.05) is 26.2 Å². The highest BCUT2D eigenvalue weighted by Gasteiger charge is 2.45. The van der Waals surface area contributed by atoms with Gasteiger partial charge in [0.25, 0.3) is 0 Å². The zero-order valence-corrected chi connectivity index (χ0v) is 12.1. The molecule has 0 aliphatic heterocycles. The number of rotatable bonds is 4. The van der Waals surface area contributed by atoms with Crippen LogP contribution >= 0.6 is 0 Å². The average Bonchev–Trinajstić information content (AvgIpc) is 3.23. The van der Waals surface area contributed by atoms with Gasteiger partial charge in [0.1, 0.15) is 6.10 Å². The molecule has 108 valence electrons. The summed E-state index contributed by atoms with van der Waals surface area (Å²) in [5, 5.41) is 20.6. The molecule has 0 spiro atoms. The molecule has 1 heterocycles. The summed E-state index contributed by atoms with van der Waals surface area (Å²) >= 11 is 0. The Balaban J connectivity index is 1.88. The summed E-state index contributed by atoms with van der Waals surface area (Å²) < 4.78 is 2.08. The fourth-order valence-electron chi connectivity index (χ4n) is 3.65. The zero-order chi connectivity index (χ0) is 14.2. The summed E-state index contributed by atoms with van der Waals surface area (Å²) in [5.41, 5.74) is 0.219. The normalized spacial score (nSPS) is 31.8. The van der Waals surface area contributed by atoms with Crippen LogP contribution in [0.2, 0.25) is 0 Å². The van der Waals surface area contributed by atoms with Gasteiger partial charge in [0.15, 0.2) is 0 Å². The Kier molecular flexibility index (Phi) is 3.55. The highest BCUT2D eigenvalue weighted by atomic mass is 16.3. The fraction of sp³-hybridized carbons (Fsp3) is 0.750. The van der Waals surface area contributed by atoms with E-state index in [1.54, 1.807) is 12.5 Å². The highest BCUT2D eigenvalue weighted by Crippen LogP contribution is 2.49. The SMILES string of the molecule is CCC1CCCC(C#N)(C(O)c2cncn2C2CC2)C1. The van der Waals surface area contributed by atoms with Crippen LogP contribution < -0.4 is 0 Å². The predicted octanol–water partition coefficient (Wildman–Crippen LogP) is 3.36. The molecule has 2 aliphatic rings. The summed E-state index contributed by atoms with van der Waals surface area (Å²) in [7, 11) is 0. The molecule has 1 N–H and O–H groups in total. The first kappa shape index (κ1) is 13.6. The van der Waals surface area contributed by atoms with Crippen LogP contribution in [-0.4, -0.2) is 14.7 Å². The molecule has 0 saturated heterocycles. The monoisotopic (exact) mass is 273 g/mol. The van der Waals surface area contributed by atoms with Crippen LogP contribution in [0.4, 0.5) is 0 Å². The predicted molar refractivity (Wildman–Crippen MR) is 75.8 cm³/mol. The van der Waals surface area contributed by atoms with Crippen molar-refractivity contribution in [3.05, 3.63) is 18.2 Å². The van der Waals surface area contributed by atoms with Gasteiger partial charge in [-0.25, -0.2) is 4.98 Å². The van der Waals surface area contributed by atoms with Crippen molar-refractivity contribution in [2.45, 2.75) is 64.0 Å². The largest absolute Gasteiger partial charge is 0.385 e. The molecule has 3 unspecified atom stereocenters. The van der Waals surface area contributed by atoms with E-state index in [2.05, 4.69) is 22.5 Å². The van der Waals surface area contributed by atoms with Gasteiger partial charge in [-0.05, 0) is 31.6 Å². The molecule has 1 aromatic rings. The molecule has 2 fully saturated rings. The Labute approximate surface area is 120 Å². The second-order valence-electron chi connectivity index (χ2n) is 6.50. The van der Waals surface area contributed by atoms with E-state index in [-0.39, 0.29) is 0 Å². The van der Waals surface area contributed by atoms with E-state index in [9.17, 15) is 10.4 Å². The van der Waals surface area contributed by atoms with Gasteiger partial charge in [0, 0.05) is 6.04 Å². The van der Waals surface area contributed by atoms with Crippen LogP contribution in [0.5, 0.6) is 0 Å². The molecule has 0 aromatic carbocycles. The maximum Gasteiger partial charge on any atom is 0.114 e. The van der Waals surface area contributed by atoms with Crippen LogP contribution in [-0.2, 0) is 0 Å². The lowest BCUT2D eigenvalue weighted by Gasteiger charge is -2.39. The van der Waals surface area contributed by atoms with Crippen LogP contribution in [0, 0.1) is 22.7 Å². The number of hydrogen-bond donors (Lipinski definition) is 1. The molecule has 4 nitrogen and oxygen atoms in total. The summed E-state index contributed by atoms with van der Waals surface area (Å²) in [5.74, 6) is 0.565. The number of hydrogen-bond acceptors (Lipinski definition) is 3. The van der Waals surface area contributed by atoms with Crippen molar-refractivity contribution < 1.29 is 5.11 Å². The quantitative estimate of drug-likeness (QED) is 0.915. The van der Waals surface area contributed by atoms with Crippen LogP contribution in [0.25, 0.3) is 0 Å². The van der Waals surface area contributed by atoms with E-state index in [0.29, 0.717) is 12.0 Å². The second kappa shape index (κ2) is 5.21. The van der Waals surface area contributed by atoms with Crippen molar-refractivity contribution in [2.24, 2.45) is 11.3 Å². The van der Waals surface area contributed by atoms with E-state index >= 15 is 0 Å². The Morgan fingerprint density at radius 1 is 1.55 bits per heavy atom. The van der Waals surface area contributed by atoms with Gasteiger partial charge in [-0.15, -0.1) is 0 Å². The maximum atomic E-state index is 10.9. The van der Waals surface area contributed by atoms with E-state index in [1.807, 2.05) is 0 Å². The molecule has 2 aliphatic carbocycles. The minimum atomic E-state index is -0.704. The Hall–Kier alpha value is -1.34. The molecule has 3 atom stereocenters. The lowest BCUT2D eigenvalue weighted by molar-refractivity contribution is 0.0133. The first-order valence-electron chi connectivity index (χ1n) is 7.81. The van der Waals surface area contributed by atoms with E-state index in [0.717, 1.165) is 44.2 Å². The van der Waals surface area contributed by atoms with E-state index < -0.39 is 11.5 Å². The Morgan fingerprint density at radius 3 is 3.00 bits per heavy atom. The van der Waals surface area contributed by atoms with Gasteiger partial charge < -0.3 is 9.67 Å². The molecule has 20 heavy (non-hydrogen) atoms. The number of imidazole rings is 1. The first-order chi connectivity index (χ1) is 9.70.